The number of amides is 1. The van der Waals surface area contributed by atoms with Gasteiger partial charge in [0.1, 0.15) is 0 Å². The molecule has 5 nitrogen and oxygen atoms in total. The SMILES string of the molecule is Cc1ccccc1CNC(=O)c1ccc(S(=O)(=O)NC(C)C)cc1. The number of carbonyl (C=O) groups is 1. The lowest BCUT2D eigenvalue weighted by Gasteiger charge is -2.10. The van der Waals surface area contributed by atoms with Crippen LogP contribution in [0.4, 0.5) is 0 Å². The van der Waals surface area contributed by atoms with Crippen molar-refractivity contribution in [2.24, 2.45) is 0 Å². The quantitative estimate of drug-likeness (QED) is 0.844. The molecule has 0 radical (unpaired) electrons. The van der Waals surface area contributed by atoms with Crippen molar-refractivity contribution in [1.29, 1.82) is 0 Å². The molecule has 0 spiro atoms. The summed E-state index contributed by atoms with van der Waals surface area (Å²) < 4.78 is 26.6. The second kappa shape index (κ2) is 7.59. The van der Waals surface area contributed by atoms with Crippen LogP contribution in [0.1, 0.15) is 35.3 Å². The Hall–Kier alpha value is -2.18. The lowest BCUT2D eigenvalue weighted by molar-refractivity contribution is 0.0951. The monoisotopic (exact) mass is 346 g/mol. The molecular formula is C18H22N2O3S. The van der Waals surface area contributed by atoms with Gasteiger partial charge in [-0.25, -0.2) is 13.1 Å². The van der Waals surface area contributed by atoms with Gasteiger partial charge in [0.15, 0.2) is 0 Å². The van der Waals surface area contributed by atoms with Crippen molar-refractivity contribution in [1.82, 2.24) is 10.0 Å². The summed E-state index contributed by atoms with van der Waals surface area (Å²) in [6.07, 6.45) is 0. The van der Waals surface area contributed by atoms with Gasteiger partial charge >= 0.3 is 0 Å². The van der Waals surface area contributed by atoms with Gasteiger partial charge in [-0.1, -0.05) is 24.3 Å². The zero-order valence-electron chi connectivity index (χ0n) is 14.0. The summed E-state index contributed by atoms with van der Waals surface area (Å²) in [6, 6.07) is 13.5. The van der Waals surface area contributed by atoms with E-state index in [2.05, 4.69) is 10.0 Å². The standard InChI is InChI=1S/C18H22N2O3S/c1-13(2)20-24(22,23)17-10-8-15(9-11-17)18(21)19-12-16-7-5-4-6-14(16)3/h4-11,13,20H,12H2,1-3H3,(H,19,21). The summed E-state index contributed by atoms with van der Waals surface area (Å²) in [5.41, 5.74) is 2.58. The molecule has 0 aliphatic carbocycles. The third-order valence-corrected chi connectivity index (χ3v) is 5.19. The van der Waals surface area contributed by atoms with Crippen LogP contribution in [-0.2, 0) is 16.6 Å². The lowest BCUT2D eigenvalue weighted by atomic mass is 10.1. The summed E-state index contributed by atoms with van der Waals surface area (Å²) in [6.45, 7) is 5.93. The maximum Gasteiger partial charge on any atom is 0.251 e. The molecule has 0 bridgehead atoms. The van der Waals surface area contributed by atoms with Crippen LogP contribution in [0.3, 0.4) is 0 Å². The van der Waals surface area contributed by atoms with Crippen molar-refractivity contribution >= 4 is 15.9 Å². The second-order valence-electron chi connectivity index (χ2n) is 5.91. The van der Waals surface area contributed by atoms with Crippen molar-refractivity contribution < 1.29 is 13.2 Å². The third-order valence-electron chi connectivity index (χ3n) is 3.52. The van der Waals surface area contributed by atoms with Gasteiger partial charge in [-0.15, -0.1) is 0 Å². The van der Waals surface area contributed by atoms with Crippen LogP contribution >= 0.6 is 0 Å². The van der Waals surface area contributed by atoms with E-state index in [1.54, 1.807) is 13.8 Å². The fourth-order valence-corrected chi connectivity index (χ4v) is 3.50. The highest BCUT2D eigenvalue weighted by Gasteiger charge is 2.16. The molecule has 2 rings (SSSR count). The van der Waals surface area contributed by atoms with Crippen molar-refractivity contribution in [2.75, 3.05) is 0 Å². The minimum Gasteiger partial charge on any atom is -0.348 e. The Morgan fingerprint density at radius 3 is 2.25 bits per heavy atom. The maximum atomic E-state index is 12.2. The largest absolute Gasteiger partial charge is 0.348 e. The molecule has 2 aromatic carbocycles. The molecule has 2 N–H and O–H groups in total. The van der Waals surface area contributed by atoms with Crippen molar-refractivity contribution in [2.45, 2.75) is 38.3 Å². The Bertz CT molecular complexity index is 812. The minimum atomic E-state index is -3.54. The van der Waals surface area contributed by atoms with Gasteiger partial charge < -0.3 is 5.32 Å². The van der Waals surface area contributed by atoms with E-state index >= 15 is 0 Å². The van der Waals surface area contributed by atoms with Crippen LogP contribution in [0, 0.1) is 6.92 Å². The molecule has 0 heterocycles. The lowest BCUT2D eigenvalue weighted by Crippen LogP contribution is -2.30. The van der Waals surface area contributed by atoms with E-state index in [0.717, 1.165) is 11.1 Å². The number of hydrogen-bond donors (Lipinski definition) is 2. The van der Waals surface area contributed by atoms with E-state index in [1.807, 2.05) is 31.2 Å². The van der Waals surface area contributed by atoms with Crippen molar-refractivity contribution in [3.8, 4) is 0 Å². The first-order chi connectivity index (χ1) is 11.3. The average Bonchev–Trinajstić information content (AvgIpc) is 2.53. The normalized spacial score (nSPS) is 11.5. The predicted octanol–water partition coefficient (Wildman–Crippen LogP) is 2.61. The molecule has 0 atom stereocenters. The number of benzene rings is 2. The Morgan fingerprint density at radius 1 is 1.04 bits per heavy atom. The first-order valence-electron chi connectivity index (χ1n) is 7.74. The van der Waals surface area contributed by atoms with Crippen LogP contribution in [0.15, 0.2) is 53.4 Å². The zero-order valence-corrected chi connectivity index (χ0v) is 14.9. The number of nitrogens with one attached hydrogen (secondary N) is 2. The highest BCUT2D eigenvalue weighted by atomic mass is 32.2. The summed E-state index contributed by atoms with van der Waals surface area (Å²) in [7, 11) is -3.54. The van der Waals surface area contributed by atoms with E-state index in [0.29, 0.717) is 12.1 Å². The zero-order chi connectivity index (χ0) is 17.7. The predicted molar refractivity (Wildman–Crippen MR) is 94.2 cm³/mol. The van der Waals surface area contributed by atoms with Crippen LogP contribution in [-0.4, -0.2) is 20.4 Å². The van der Waals surface area contributed by atoms with Gasteiger partial charge in [0.05, 0.1) is 4.90 Å². The van der Waals surface area contributed by atoms with Crippen molar-refractivity contribution in [3.05, 3.63) is 65.2 Å². The van der Waals surface area contributed by atoms with Crippen LogP contribution in [0.2, 0.25) is 0 Å². The van der Waals surface area contributed by atoms with E-state index < -0.39 is 10.0 Å². The highest BCUT2D eigenvalue weighted by molar-refractivity contribution is 7.89. The fourth-order valence-electron chi connectivity index (χ4n) is 2.25. The molecule has 0 saturated heterocycles. The molecule has 24 heavy (non-hydrogen) atoms. The Labute approximate surface area is 143 Å². The summed E-state index contributed by atoms with van der Waals surface area (Å²) in [4.78, 5) is 12.3. The van der Waals surface area contributed by atoms with E-state index in [-0.39, 0.29) is 16.8 Å². The van der Waals surface area contributed by atoms with Gasteiger partial charge in [0.2, 0.25) is 10.0 Å². The van der Waals surface area contributed by atoms with E-state index in [1.165, 1.54) is 24.3 Å². The van der Waals surface area contributed by atoms with Crippen molar-refractivity contribution in [3.63, 3.8) is 0 Å². The highest BCUT2D eigenvalue weighted by Crippen LogP contribution is 2.12. The molecule has 0 fully saturated rings. The molecule has 0 unspecified atom stereocenters. The summed E-state index contributed by atoms with van der Waals surface area (Å²) in [5.74, 6) is -0.237. The van der Waals surface area contributed by atoms with Gasteiger partial charge in [-0.3, -0.25) is 4.79 Å². The first kappa shape index (κ1) is 18.2. The van der Waals surface area contributed by atoms with Crippen LogP contribution in [0.25, 0.3) is 0 Å². The molecule has 6 heteroatoms. The third kappa shape index (κ3) is 4.66. The smallest absolute Gasteiger partial charge is 0.251 e. The number of sulfonamides is 1. The van der Waals surface area contributed by atoms with Gasteiger partial charge in [0.25, 0.3) is 5.91 Å². The molecule has 2 aromatic rings. The number of hydrogen-bond acceptors (Lipinski definition) is 3. The molecule has 0 aliphatic rings. The number of rotatable bonds is 6. The molecule has 0 saturated carbocycles. The van der Waals surface area contributed by atoms with Gasteiger partial charge in [-0.05, 0) is 56.2 Å². The fraction of sp³-hybridized carbons (Fsp3) is 0.278. The minimum absolute atomic E-state index is 0.145. The number of carbonyl (C=O) groups excluding carboxylic acids is 1. The topological polar surface area (TPSA) is 75.3 Å². The van der Waals surface area contributed by atoms with E-state index in [4.69, 9.17) is 0 Å². The van der Waals surface area contributed by atoms with Crippen LogP contribution in [0.5, 0.6) is 0 Å². The van der Waals surface area contributed by atoms with Gasteiger partial charge in [-0.2, -0.15) is 0 Å². The molecular weight excluding hydrogens is 324 g/mol. The Balaban J connectivity index is 2.05. The number of aryl methyl sites for hydroxylation is 1. The molecule has 1 amide bonds. The Morgan fingerprint density at radius 2 is 1.67 bits per heavy atom. The summed E-state index contributed by atoms with van der Waals surface area (Å²) >= 11 is 0. The first-order valence-corrected chi connectivity index (χ1v) is 9.23. The van der Waals surface area contributed by atoms with E-state index in [9.17, 15) is 13.2 Å². The van der Waals surface area contributed by atoms with Crippen LogP contribution < -0.4 is 10.0 Å². The molecule has 128 valence electrons. The average molecular weight is 346 g/mol. The second-order valence-corrected chi connectivity index (χ2v) is 7.62. The Kier molecular flexibility index (Phi) is 5.75. The molecule has 0 aliphatic heterocycles. The molecule has 0 aromatic heterocycles. The van der Waals surface area contributed by atoms with Gasteiger partial charge in [0, 0.05) is 18.2 Å². The maximum absolute atomic E-state index is 12.2. The summed E-state index contributed by atoms with van der Waals surface area (Å²) in [5, 5.41) is 2.84.